The van der Waals surface area contributed by atoms with Crippen molar-refractivity contribution >= 4 is 29.1 Å². The molecule has 1 N–H and O–H groups in total. The summed E-state index contributed by atoms with van der Waals surface area (Å²) in [5.74, 6) is 0.606. The van der Waals surface area contributed by atoms with E-state index in [-0.39, 0.29) is 30.0 Å². The summed E-state index contributed by atoms with van der Waals surface area (Å²) in [5.41, 5.74) is -0.435. The van der Waals surface area contributed by atoms with Crippen molar-refractivity contribution in [1.29, 1.82) is 0 Å². The number of alkyl halides is 2. The minimum Gasteiger partial charge on any atom is -0.377 e. The Labute approximate surface area is 116 Å². The maximum atomic E-state index is 12.0. The third-order valence-electron chi connectivity index (χ3n) is 2.65. The average molecular weight is 295 g/mol. The second-order valence-electron chi connectivity index (χ2n) is 3.97. The summed E-state index contributed by atoms with van der Waals surface area (Å²) in [6, 6.07) is 1.53. The van der Waals surface area contributed by atoms with Crippen molar-refractivity contribution in [2.24, 2.45) is 0 Å². The van der Waals surface area contributed by atoms with E-state index in [2.05, 4.69) is 10.5 Å². The van der Waals surface area contributed by atoms with Gasteiger partial charge in [-0.25, -0.2) is 0 Å². The molecule has 0 aliphatic heterocycles. The predicted molar refractivity (Wildman–Crippen MR) is 69.1 cm³/mol. The van der Waals surface area contributed by atoms with Crippen LogP contribution in [0.15, 0.2) is 10.6 Å². The Balaban J connectivity index is 2.74. The fourth-order valence-electron chi connectivity index (χ4n) is 1.32. The molecule has 0 fully saturated rings. The van der Waals surface area contributed by atoms with Gasteiger partial charge in [-0.1, -0.05) is 12.1 Å². The number of carbonyl (C=O) groups excluding carboxylic acids is 1. The monoisotopic (exact) mass is 294 g/mol. The van der Waals surface area contributed by atoms with E-state index in [0.717, 1.165) is 0 Å². The summed E-state index contributed by atoms with van der Waals surface area (Å²) in [5, 5.41) is 6.45. The Morgan fingerprint density at radius 2 is 2.22 bits per heavy atom. The van der Waals surface area contributed by atoms with Gasteiger partial charge in [-0.2, -0.15) is 0 Å². The van der Waals surface area contributed by atoms with Crippen molar-refractivity contribution in [2.75, 3.05) is 18.9 Å². The molecule has 7 heteroatoms. The van der Waals surface area contributed by atoms with Crippen molar-refractivity contribution in [3.05, 3.63) is 17.5 Å². The maximum Gasteiger partial charge on any atom is 0.273 e. The molecule has 5 nitrogen and oxygen atoms in total. The minimum absolute atomic E-state index is 0.190. The molecular formula is C11H16Cl2N2O3. The van der Waals surface area contributed by atoms with Gasteiger partial charge < -0.3 is 14.6 Å². The highest BCUT2D eigenvalue weighted by atomic mass is 35.5. The molecular weight excluding hydrogens is 279 g/mol. The van der Waals surface area contributed by atoms with Crippen LogP contribution in [0.5, 0.6) is 0 Å². The Morgan fingerprint density at radius 3 is 2.72 bits per heavy atom. The Morgan fingerprint density at radius 1 is 1.56 bits per heavy atom. The van der Waals surface area contributed by atoms with Gasteiger partial charge in [0.05, 0.1) is 5.54 Å². The van der Waals surface area contributed by atoms with Crippen molar-refractivity contribution in [3.8, 4) is 0 Å². The van der Waals surface area contributed by atoms with Gasteiger partial charge in [0.1, 0.15) is 6.61 Å². The molecule has 1 aromatic rings. The standard InChI is InChI=1S/C11H16Cl2N2O3/c1-3-11(6-12,7-13)14-10(16)9-4-8(5-17-2)18-15-9/h4H,3,5-7H2,1-2H3,(H,14,16). The first-order valence-corrected chi connectivity index (χ1v) is 6.56. The zero-order valence-electron chi connectivity index (χ0n) is 10.3. The number of rotatable bonds is 7. The van der Waals surface area contributed by atoms with E-state index >= 15 is 0 Å². The lowest BCUT2D eigenvalue weighted by Gasteiger charge is -2.28. The van der Waals surface area contributed by atoms with Crippen LogP contribution in [-0.2, 0) is 11.3 Å². The molecule has 0 aromatic carbocycles. The smallest absolute Gasteiger partial charge is 0.273 e. The number of nitrogens with zero attached hydrogens (tertiary/aromatic N) is 1. The van der Waals surface area contributed by atoms with Gasteiger partial charge in [0, 0.05) is 24.9 Å². The van der Waals surface area contributed by atoms with Gasteiger partial charge in [0.25, 0.3) is 5.91 Å². The SMILES string of the molecule is CCC(CCl)(CCl)NC(=O)c1cc(COC)on1. The number of nitrogens with one attached hydrogen (secondary N) is 1. The van der Waals surface area contributed by atoms with Gasteiger partial charge in [0.15, 0.2) is 11.5 Å². The molecule has 102 valence electrons. The van der Waals surface area contributed by atoms with E-state index in [1.54, 1.807) is 0 Å². The predicted octanol–water partition coefficient (Wildman–Crippen LogP) is 2.18. The molecule has 0 spiro atoms. The first-order valence-electron chi connectivity index (χ1n) is 5.49. The Bertz CT molecular complexity index is 383. The molecule has 0 atom stereocenters. The van der Waals surface area contributed by atoms with Gasteiger partial charge in [-0.3, -0.25) is 4.79 Å². The summed E-state index contributed by atoms with van der Waals surface area (Å²) in [4.78, 5) is 12.0. The van der Waals surface area contributed by atoms with Crippen LogP contribution < -0.4 is 5.32 Å². The number of carbonyl (C=O) groups is 1. The number of ether oxygens (including phenoxy) is 1. The fourth-order valence-corrected chi connectivity index (χ4v) is 2.11. The highest BCUT2D eigenvalue weighted by molar-refractivity contribution is 6.22. The van der Waals surface area contributed by atoms with E-state index in [1.807, 2.05) is 6.92 Å². The molecule has 0 saturated carbocycles. The number of halogens is 2. The van der Waals surface area contributed by atoms with Gasteiger partial charge in [-0.05, 0) is 6.42 Å². The highest BCUT2D eigenvalue weighted by Gasteiger charge is 2.29. The molecule has 18 heavy (non-hydrogen) atoms. The molecule has 1 aromatic heterocycles. The number of methoxy groups -OCH3 is 1. The number of hydrogen-bond donors (Lipinski definition) is 1. The van der Waals surface area contributed by atoms with Crippen LogP contribution in [0.2, 0.25) is 0 Å². The number of aromatic nitrogens is 1. The Kier molecular flexibility index (Phi) is 5.91. The molecule has 1 amide bonds. The number of hydrogen-bond acceptors (Lipinski definition) is 4. The normalized spacial score (nSPS) is 11.6. The summed E-state index contributed by atoms with van der Waals surface area (Å²) < 4.78 is 9.82. The summed E-state index contributed by atoms with van der Waals surface area (Å²) in [6.07, 6.45) is 0.633. The lowest BCUT2D eigenvalue weighted by Crippen LogP contribution is -2.51. The lowest BCUT2D eigenvalue weighted by atomic mass is 10.0. The van der Waals surface area contributed by atoms with Gasteiger partial charge >= 0.3 is 0 Å². The van der Waals surface area contributed by atoms with Crippen LogP contribution in [0.1, 0.15) is 29.6 Å². The average Bonchev–Trinajstić information content (AvgIpc) is 2.85. The zero-order valence-corrected chi connectivity index (χ0v) is 11.8. The summed E-state index contributed by atoms with van der Waals surface area (Å²) >= 11 is 11.7. The molecule has 0 saturated heterocycles. The maximum absolute atomic E-state index is 12.0. The molecule has 1 heterocycles. The van der Waals surface area contributed by atoms with E-state index in [9.17, 15) is 4.79 Å². The molecule has 1 rings (SSSR count). The largest absolute Gasteiger partial charge is 0.377 e. The van der Waals surface area contributed by atoms with Crippen LogP contribution in [0.3, 0.4) is 0 Å². The zero-order chi connectivity index (χ0) is 13.6. The third-order valence-corrected chi connectivity index (χ3v) is 3.67. The van der Waals surface area contributed by atoms with Crippen molar-refractivity contribution in [3.63, 3.8) is 0 Å². The Hall–Kier alpha value is -0.780. The number of amides is 1. The van der Waals surface area contributed by atoms with Crippen molar-refractivity contribution in [1.82, 2.24) is 10.5 Å². The third kappa shape index (κ3) is 3.60. The van der Waals surface area contributed by atoms with E-state index in [0.29, 0.717) is 12.2 Å². The quantitative estimate of drug-likeness (QED) is 0.783. The highest BCUT2D eigenvalue weighted by Crippen LogP contribution is 2.16. The van der Waals surface area contributed by atoms with Crippen LogP contribution in [0.25, 0.3) is 0 Å². The lowest BCUT2D eigenvalue weighted by molar-refractivity contribution is 0.0903. The van der Waals surface area contributed by atoms with Crippen LogP contribution >= 0.6 is 23.2 Å². The first kappa shape index (κ1) is 15.3. The summed E-state index contributed by atoms with van der Waals surface area (Å²) in [7, 11) is 1.53. The molecule has 0 unspecified atom stereocenters. The van der Waals surface area contributed by atoms with Crippen LogP contribution in [-0.4, -0.2) is 35.5 Å². The van der Waals surface area contributed by atoms with Crippen LogP contribution in [0, 0.1) is 0 Å². The molecule has 0 bridgehead atoms. The van der Waals surface area contributed by atoms with E-state index in [4.69, 9.17) is 32.5 Å². The second-order valence-corrected chi connectivity index (χ2v) is 4.50. The van der Waals surface area contributed by atoms with Crippen molar-refractivity contribution < 1.29 is 14.1 Å². The van der Waals surface area contributed by atoms with Gasteiger partial charge in [-0.15, -0.1) is 23.2 Å². The van der Waals surface area contributed by atoms with E-state index < -0.39 is 5.54 Å². The fraction of sp³-hybridized carbons (Fsp3) is 0.636. The van der Waals surface area contributed by atoms with Crippen LogP contribution in [0.4, 0.5) is 0 Å². The molecule has 0 aliphatic rings. The van der Waals surface area contributed by atoms with Gasteiger partial charge in [0.2, 0.25) is 0 Å². The van der Waals surface area contributed by atoms with E-state index in [1.165, 1.54) is 13.2 Å². The first-order chi connectivity index (χ1) is 8.60. The molecule has 0 radical (unpaired) electrons. The summed E-state index contributed by atoms with van der Waals surface area (Å²) in [6.45, 7) is 2.18. The minimum atomic E-state index is -0.624. The topological polar surface area (TPSA) is 64.4 Å². The second kappa shape index (κ2) is 6.97. The molecule has 0 aliphatic carbocycles. The van der Waals surface area contributed by atoms with Crippen molar-refractivity contribution in [2.45, 2.75) is 25.5 Å².